The second-order valence-electron chi connectivity index (χ2n) is 28.3. The van der Waals surface area contributed by atoms with Gasteiger partial charge in [-0.25, -0.2) is 0 Å². The lowest BCUT2D eigenvalue weighted by Gasteiger charge is -2.72. The molecule has 0 spiro atoms. The van der Waals surface area contributed by atoms with Crippen molar-refractivity contribution in [2.45, 2.75) is 253 Å². The van der Waals surface area contributed by atoms with Crippen molar-refractivity contribution in [1.82, 2.24) is 0 Å². The lowest BCUT2D eigenvalue weighted by molar-refractivity contribution is -0.372. The third kappa shape index (κ3) is 11.2. The van der Waals surface area contributed by atoms with Crippen molar-refractivity contribution in [3.05, 3.63) is 11.6 Å². The second-order valence-corrected chi connectivity index (χ2v) is 28.3. The zero-order valence-corrected chi connectivity index (χ0v) is 50.6. The molecule has 4 saturated carbocycles. The van der Waals surface area contributed by atoms with E-state index in [0.717, 1.165) is 12.5 Å². The first-order chi connectivity index (χ1) is 41.3. The Hall–Kier alpha value is -2.32. The lowest BCUT2D eigenvalue weighted by Crippen LogP contribution is -2.71. The molecule has 29 heteroatoms. The highest BCUT2D eigenvalue weighted by atomic mass is 16.8. The van der Waals surface area contributed by atoms with Crippen LogP contribution in [-0.2, 0) is 61.7 Å². The van der Waals surface area contributed by atoms with Gasteiger partial charge in [0.25, 0.3) is 0 Å². The molecular weight excluding hydrogens is 1170 g/mol. The van der Waals surface area contributed by atoms with E-state index in [2.05, 4.69) is 33.8 Å². The number of hydrogen-bond acceptors (Lipinski definition) is 29. The largest absolute Gasteiger partial charge is 0.454 e. The van der Waals surface area contributed by atoms with Crippen LogP contribution < -0.4 is 0 Å². The number of hydrogen-bond donors (Lipinski definition) is 16. The Labute approximate surface area is 508 Å². The molecule has 0 aromatic heterocycles. The van der Waals surface area contributed by atoms with Crippen LogP contribution in [0.25, 0.3) is 0 Å². The smallest absolute Gasteiger partial charge is 0.317 e. The van der Waals surface area contributed by atoms with Gasteiger partial charge in [-0.2, -0.15) is 0 Å². The Bertz CT molecular complexity index is 2490. The number of ether oxygens (including phenoxy) is 11. The summed E-state index contributed by atoms with van der Waals surface area (Å²) < 4.78 is 64.8. The van der Waals surface area contributed by atoms with E-state index >= 15 is 4.79 Å². The van der Waals surface area contributed by atoms with Gasteiger partial charge in [0.05, 0.1) is 64.1 Å². The molecule has 504 valence electrons. The van der Waals surface area contributed by atoms with Crippen LogP contribution in [0.4, 0.5) is 0 Å². The second kappa shape index (κ2) is 25.4. The van der Waals surface area contributed by atoms with E-state index in [9.17, 15) is 86.5 Å². The number of esters is 2. The summed E-state index contributed by atoms with van der Waals surface area (Å²) in [6, 6.07) is 0. The highest BCUT2D eigenvalue weighted by molar-refractivity contribution is 5.80. The monoisotopic (exact) mass is 1270 g/mol. The summed E-state index contributed by atoms with van der Waals surface area (Å²) in [5, 5.41) is 177. The summed E-state index contributed by atoms with van der Waals surface area (Å²) in [6.45, 7) is 9.07. The Morgan fingerprint density at radius 3 is 1.78 bits per heavy atom. The fraction of sp³-hybridized carbons (Fsp3) is 0.932. The van der Waals surface area contributed by atoms with Crippen molar-refractivity contribution in [2.75, 3.05) is 39.6 Å². The highest BCUT2D eigenvalue weighted by Gasteiger charge is 2.74. The van der Waals surface area contributed by atoms with Gasteiger partial charge in [0.2, 0.25) is 6.29 Å². The quantitative estimate of drug-likeness (QED) is 0.0416. The molecule has 0 amide bonds. The first kappa shape index (κ1) is 68.5. The number of allylic oxidation sites excluding steroid dienone is 2. The van der Waals surface area contributed by atoms with Crippen molar-refractivity contribution < 1.29 is 143 Å². The van der Waals surface area contributed by atoms with Crippen LogP contribution in [0.2, 0.25) is 0 Å². The van der Waals surface area contributed by atoms with E-state index in [-0.39, 0.29) is 30.6 Å². The zero-order valence-electron chi connectivity index (χ0n) is 50.6. The van der Waals surface area contributed by atoms with E-state index < -0.39 is 244 Å². The third-order valence-electron chi connectivity index (χ3n) is 22.8. The minimum atomic E-state index is -1.88. The lowest BCUT2D eigenvalue weighted by atomic mass is 9.33. The standard InChI is InChI=1S/C59H94O29/c1-23-43(84-48-42(76)44(29(67)20-78-48)85-49-39(73)37(71)31(18-61)82-49)41(75)46(81-24(2)64)52(80-23)86-45-35(69)28(66)19-79-51(45)88-53(77)59-13-12-54(3,4)14-26(59)25-8-9-32-55(5)15-27(65)47(87-50-40(74)38(72)36(70)30(17-60)83-50)58(21-62,22-63)33(55)10-11-56(32,6)57(25,7)16-34(59)68/h8,23,26-52,60-63,65-76H,9-22H2,1-7H3/t23-,26-,27-,28+,29+,30+,31-,32?,33?,34+,35+,36+,37+,38-,39+,40+,41+,42+,43-,44-,45-,46+,47-,48-,49-,50-,51+,52-,55+,56+,57+,59+/m0/s1. The molecule has 5 saturated heterocycles. The molecule has 29 nitrogen and oxygen atoms in total. The van der Waals surface area contributed by atoms with Crippen molar-refractivity contribution in [3.8, 4) is 0 Å². The van der Waals surface area contributed by atoms with Crippen LogP contribution >= 0.6 is 0 Å². The summed E-state index contributed by atoms with van der Waals surface area (Å²) in [4.78, 5) is 28.3. The normalized spacial score (nSPS) is 52.5. The fourth-order valence-electron chi connectivity index (χ4n) is 17.8. The molecule has 9 fully saturated rings. The maximum Gasteiger partial charge on any atom is 0.317 e. The molecule has 88 heavy (non-hydrogen) atoms. The summed E-state index contributed by atoms with van der Waals surface area (Å²) in [6.07, 6.45) is -35.8. The molecule has 0 bridgehead atoms. The molecule has 5 heterocycles. The van der Waals surface area contributed by atoms with Gasteiger partial charge in [0.1, 0.15) is 90.9 Å². The number of carbonyl (C=O) groups is 2. The van der Waals surface area contributed by atoms with Crippen LogP contribution in [0, 0.1) is 50.2 Å². The Kier molecular flexibility index (Phi) is 19.8. The van der Waals surface area contributed by atoms with Crippen molar-refractivity contribution in [2.24, 2.45) is 50.2 Å². The molecule has 16 N–H and O–H groups in total. The van der Waals surface area contributed by atoms with E-state index in [4.69, 9.17) is 52.1 Å². The van der Waals surface area contributed by atoms with Crippen molar-refractivity contribution >= 4 is 11.9 Å². The fourth-order valence-corrected chi connectivity index (χ4v) is 17.8. The molecule has 32 atom stereocenters. The Morgan fingerprint density at radius 1 is 0.557 bits per heavy atom. The SMILES string of the molecule is CC(=O)O[C@H]1[C@H](O[C@@H]2[C@@H](OC(=O)[C@]34CCC(C)(C)C[C@H]3C3=CCC5[C@@]6(C)C[C@H](O)[C@H](O[C@@H]7O[C@H](CO)[C@@H](O)[C@H](O)[C@H]7O)C(CO)(CO)C6CC[C@@]5(C)[C@]3(C)C[C@H]4O)OC[C@@H](O)[C@H]2O)O[C@@H](C)[C@H](O[C@@H]2OC[C@@H](O)[C@H](O[C@@H]3O[C@@H](CO)[C@@H](O)[C@H]3O)[C@H]2O)[C@H]1O. The highest BCUT2D eigenvalue weighted by Crippen LogP contribution is 2.76. The predicted octanol–water partition coefficient (Wildman–Crippen LogP) is -4.81. The summed E-state index contributed by atoms with van der Waals surface area (Å²) in [5.41, 5.74) is -4.90. The molecule has 0 radical (unpaired) electrons. The Balaban J connectivity index is 0.886. The van der Waals surface area contributed by atoms with Crippen LogP contribution in [0.3, 0.4) is 0 Å². The third-order valence-corrected chi connectivity index (χ3v) is 22.8. The van der Waals surface area contributed by atoms with Gasteiger partial charge in [-0.15, -0.1) is 0 Å². The van der Waals surface area contributed by atoms with E-state index in [0.29, 0.717) is 32.1 Å². The zero-order chi connectivity index (χ0) is 64.3. The molecule has 0 aromatic rings. The van der Waals surface area contributed by atoms with Gasteiger partial charge in [0, 0.05) is 12.3 Å². The number of aliphatic hydroxyl groups is 16. The molecule has 2 unspecified atom stereocenters. The molecule has 0 aromatic carbocycles. The van der Waals surface area contributed by atoms with Crippen LogP contribution in [0.15, 0.2) is 11.6 Å². The number of rotatable bonds is 15. The molecule has 10 aliphatic rings. The average Bonchev–Trinajstić information content (AvgIpc) is 0.712. The van der Waals surface area contributed by atoms with Gasteiger partial charge in [0.15, 0.2) is 37.4 Å². The minimum Gasteiger partial charge on any atom is -0.454 e. The summed E-state index contributed by atoms with van der Waals surface area (Å²) in [5.74, 6) is -3.26. The van der Waals surface area contributed by atoms with Crippen LogP contribution in [0.1, 0.15) is 99.8 Å². The maximum absolute atomic E-state index is 15.6. The van der Waals surface area contributed by atoms with Gasteiger partial charge >= 0.3 is 11.9 Å². The van der Waals surface area contributed by atoms with E-state index in [1.807, 2.05) is 6.92 Å². The first-order valence-electron chi connectivity index (χ1n) is 30.8. The molecular formula is C59H94O29. The van der Waals surface area contributed by atoms with E-state index in [1.165, 1.54) is 6.92 Å². The summed E-state index contributed by atoms with van der Waals surface area (Å²) in [7, 11) is 0. The number of aliphatic hydroxyl groups excluding tert-OH is 16. The Morgan fingerprint density at radius 2 is 1.15 bits per heavy atom. The molecule has 5 aliphatic heterocycles. The minimum absolute atomic E-state index is 0.0609. The molecule has 5 aliphatic carbocycles. The van der Waals surface area contributed by atoms with Crippen LogP contribution in [-0.4, -0.2) is 287 Å². The average molecular weight is 1270 g/mol. The van der Waals surface area contributed by atoms with Gasteiger partial charge in [-0.3, -0.25) is 9.59 Å². The molecule has 10 rings (SSSR count). The number of carbonyl (C=O) groups excluding carboxylic acids is 2. The van der Waals surface area contributed by atoms with Crippen molar-refractivity contribution in [1.29, 1.82) is 0 Å². The van der Waals surface area contributed by atoms with Crippen molar-refractivity contribution in [3.63, 3.8) is 0 Å². The topological polar surface area (TPSA) is 459 Å². The van der Waals surface area contributed by atoms with Gasteiger partial charge < -0.3 is 134 Å². The maximum atomic E-state index is 15.6. The van der Waals surface area contributed by atoms with E-state index in [1.54, 1.807) is 0 Å². The number of fused-ring (bicyclic) bond motifs is 7. The predicted molar refractivity (Wildman–Crippen MR) is 291 cm³/mol. The van der Waals surface area contributed by atoms with Crippen LogP contribution in [0.5, 0.6) is 0 Å². The first-order valence-corrected chi connectivity index (χ1v) is 30.8. The van der Waals surface area contributed by atoms with Gasteiger partial charge in [-0.05, 0) is 97.7 Å². The van der Waals surface area contributed by atoms with Gasteiger partial charge in [-0.1, -0.05) is 46.3 Å². The summed E-state index contributed by atoms with van der Waals surface area (Å²) >= 11 is 0.